The molecule has 0 fully saturated rings. The molecule has 0 aliphatic carbocycles. The first kappa shape index (κ1) is 22.0. The Morgan fingerprint density at radius 1 is 1.10 bits per heavy atom. The molecule has 4 N–H and O–H groups in total. The number of aryl methyl sites for hydroxylation is 2. The van der Waals surface area contributed by atoms with E-state index in [9.17, 15) is 9.59 Å². The number of benzene rings is 1. The molecule has 3 amide bonds. The lowest BCUT2D eigenvalue weighted by Crippen LogP contribution is -2.29. The van der Waals surface area contributed by atoms with Crippen LogP contribution in [0.4, 0.5) is 9.80 Å². The Morgan fingerprint density at radius 3 is 2.45 bits per heavy atom. The van der Waals surface area contributed by atoms with Gasteiger partial charge < -0.3 is 20.5 Å². The maximum atomic E-state index is 12.4. The molecule has 3 aromatic rings. The number of carbonyl (C=O) groups excluding carboxylic acids is 2. The molecule has 0 radical (unpaired) electrons. The molecule has 0 spiro atoms. The Hall–Kier alpha value is -3.66. The van der Waals surface area contributed by atoms with Crippen LogP contribution in [0.25, 0.3) is 0 Å². The summed E-state index contributed by atoms with van der Waals surface area (Å²) in [5.41, 5.74) is 8.14. The monoisotopic (exact) mass is 441 g/mol. The minimum absolute atomic E-state index is 0.229. The highest BCUT2D eigenvalue weighted by Gasteiger charge is 2.20. The molecule has 0 atom stereocenters. The third kappa shape index (κ3) is 5.92. The molecule has 31 heavy (non-hydrogen) atoms. The van der Waals surface area contributed by atoms with Crippen LogP contribution in [0.1, 0.15) is 27.2 Å². The van der Waals surface area contributed by atoms with Crippen LogP contribution in [-0.4, -0.2) is 35.5 Å². The number of methoxy groups -OCH3 is 2. The number of hydrogen-bond acceptors (Lipinski definition) is 7. The van der Waals surface area contributed by atoms with Crippen LogP contribution in [0.2, 0.25) is 0 Å². The average molecular weight is 442 g/mol. The van der Waals surface area contributed by atoms with E-state index in [0.29, 0.717) is 35.0 Å². The van der Waals surface area contributed by atoms with Gasteiger partial charge in [-0.3, -0.25) is 15.1 Å². The normalized spacial score (nSPS) is 10.4. The van der Waals surface area contributed by atoms with Gasteiger partial charge in [-0.25, -0.2) is 4.79 Å². The van der Waals surface area contributed by atoms with E-state index in [4.69, 9.17) is 15.2 Å². The summed E-state index contributed by atoms with van der Waals surface area (Å²) in [7, 11) is 3.11. The number of rotatable bonds is 9. The lowest BCUT2D eigenvalue weighted by molar-refractivity contribution is 0.100. The fraction of sp³-hybridized carbons (Fsp3) is 0.238. The third-order valence-corrected chi connectivity index (χ3v) is 5.27. The van der Waals surface area contributed by atoms with Crippen LogP contribution in [0, 0.1) is 0 Å². The van der Waals surface area contributed by atoms with Crippen LogP contribution < -0.4 is 25.8 Å². The Morgan fingerprint density at radius 2 is 1.84 bits per heavy atom. The highest BCUT2D eigenvalue weighted by Crippen LogP contribution is 2.26. The summed E-state index contributed by atoms with van der Waals surface area (Å²) in [4.78, 5) is 28.5. The summed E-state index contributed by atoms with van der Waals surface area (Å²) in [5.74, 6) is 0.601. The second kappa shape index (κ2) is 10.4. The van der Waals surface area contributed by atoms with E-state index in [1.165, 1.54) is 0 Å². The van der Waals surface area contributed by atoms with Crippen molar-refractivity contribution in [3.05, 3.63) is 65.1 Å². The second-order valence-electron chi connectivity index (χ2n) is 6.59. The molecular formula is C21H23N5O4S. The average Bonchev–Trinajstić information content (AvgIpc) is 3.19. The van der Waals surface area contributed by atoms with Gasteiger partial charge in [0.2, 0.25) is 0 Å². The molecule has 0 aliphatic heterocycles. The SMILES string of the molecule is COc1cc(CNC(=O)Nc2snc(CCc3cccnc3)c2C(N)=O)cc(OC)c1. The molecule has 1 aromatic carbocycles. The molecule has 10 heteroatoms. The fourth-order valence-electron chi connectivity index (χ4n) is 2.94. The lowest BCUT2D eigenvalue weighted by atomic mass is 10.1. The molecule has 9 nitrogen and oxygen atoms in total. The molecule has 162 valence electrons. The minimum atomic E-state index is -0.636. The maximum absolute atomic E-state index is 12.4. The summed E-state index contributed by atoms with van der Waals surface area (Å²) >= 11 is 1.02. The first-order chi connectivity index (χ1) is 15.0. The molecule has 0 unspecified atom stereocenters. The number of nitrogens with zero attached hydrogens (tertiary/aromatic N) is 2. The zero-order chi connectivity index (χ0) is 22.2. The summed E-state index contributed by atoms with van der Waals surface area (Å²) in [5, 5.41) is 5.72. The molecule has 0 saturated heterocycles. The van der Waals surface area contributed by atoms with E-state index in [-0.39, 0.29) is 12.1 Å². The lowest BCUT2D eigenvalue weighted by Gasteiger charge is -2.10. The van der Waals surface area contributed by atoms with Crippen molar-refractivity contribution in [2.24, 2.45) is 5.73 Å². The van der Waals surface area contributed by atoms with Gasteiger partial charge in [0.1, 0.15) is 16.5 Å². The van der Waals surface area contributed by atoms with Gasteiger partial charge in [-0.1, -0.05) is 6.07 Å². The summed E-state index contributed by atoms with van der Waals surface area (Å²) < 4.78 is 14.8. The van der Waals surface area contributed by atoms with Gasteiger partial charge in [0.05, 0.1) is 25.5 Å². The Kier molecular flexibility index (Phi) is 7.39. The van der Waals surface area contributed by atoms with Crippen LogP contribution in [-0.2, 0) is 19.4 Å². The summed E-state index contributed by atoms with van der Waals surface area (Å²) in [6.07, 6.45) is 4.62. The molecule has 3 rings (SSSR count). The van der Waals surface area contributed by atoms with E-state index >= 15 is 0 Å². The fourth-order valence-corrected chi connectivity index (χ4v) is 3.77. The molecule has 2 heterocycles. The minimum Gasteiger partial charge on any atom is -0.497 e. The molecular weight excluding hydrogens is 418 g/mol. The number of hydrogen-bond donors (Lipinski definition) is 3. The molecule has 0 aliphatic rings. The Labute approximate surface area is 183 Å². The smallest absolute Gasteiger partial charge is 0.320 e. The zero-order valence-electron chi connectivity index (χ0n) is 17.2. The van der Waals surface area contributed by atoms with Crippen molar-refractivity contribution in [1.29, 1.82) is 0 Å². The van der Waals surface area contributed by atoms with Crippen molar-refractivity contribution < 1.29 is 19.1 Å². The van der Waals surface area contributed by atoms with Crippen LogP contribution in [0.5, 0.6) is 11.5 Å². The van der Waals surface area contributed by atoms with Gasteiger partial charge in [-0.15, -0.1) is 0 Å². The number of pyridine rings is 1. The van der Waals surface area contributed by atoms with Gasteiger partial charge in [0.25, 0.3) is 5.91 Å². The quantitative estimate of drug-likeness (QED) is 0.468. The molecule has 0 bridgehead atoms. The largest absolute Gasteiger partial charge is 0.497 e. The van der Waals surface area contributed by atoms with Crippen molar-refractivity contribution >= 4 is 28.5 Å². The number of nitrogens with two attached hydrogens (primary N) is 1. The number of amides is 3. The van der Waals surface area contributed by atoms with Gasteiger partial charge in [0.15, 0.2) is 0 Å². The van der Waals surface area contributed by atoms with Crippen molar-refractivity contribution in [2.45, 2.75) is 19.4 Å². The zero-order valence-corrected chi connectivity index (χ0v) is 18.0. The van der Waals surface area contributed by atoms with E-state index in [0.717, 1.165) is 22.7 Å². The number of primary amides is 1. The third-order valence-electron chi connectivity index (χ3n) is 4.47. The van der Waals surface area contributed by atoms with Crippen LogP contribution >= 0.6 is 11.5 Å². The van der Waals surface area contributed by atoms with E-state index in [2.05, 4.69) is 20.0 Å². The summed E-state index contributed by atoms with van der Waals surface area (Å²) in [6.45, 7) is 0.234. The van der Waals surface area contributed by atoms with Crippen molar-refractivity contribution in [3.63, 3.8) is 0 Å². The van der Waals surface area contributed by atoms with E-state index < -0.39 is 11.9 Å². The first-order valence-electron chi connectivity index (χ1n) is 9.44. The van der Waals surface area contributed by atoms with Gasteiger partial charge >= 0.3 is 6.03 Å². The standard InChI is InChI=1S/C21H23N5O4S/c1-29-15-8-14(9-16(10-15)30-2)12-24-21(28)25-20-18(19(22)27)17(26-31-20)6-5-13-4-3-7-23-11-13/h3-4,7-11H,5-6,12H2,1-2H3,(H2,22,27)(H2,24,25,28). The Bertz CT molecular complexity index is 1030. The number of urea groups is 1. The second-order valence-corrected chi connectivity index (χ2v) is 7.36. The topological polar surface area (TPSA) is 128 Å². The number of anilines is 1. The predicted molar refractivity (Wildman–Crippen MR) is 118 cm³/mol. The van der Waals surface area contributed by atoms with Crippen molar-refractivity contribution in [3.8, 4) is 11.5 Å². The van der Waals surface area contributed by atoms with Crippen LogP contribution in [0.3, 0.4) is 0 Å². The number of aromatic nitrogens is 2. The van der Waals surface area contributed by atoms with Gasteiger partial charge in [-0.2, -0.15) is 4.37 Å². The van der Waals surface area contributed by atoms with Crippen LogP contribution in [0.15, 0.2) is 42.7 Å². The molecule has 0 saturated carbocycles. The highest BCUT2D eigenvalue weighted by molar-refractivity contribution is 7.11. The number of ether oxygens (including phenoxy) is 2. The predicted octanol–water partition coefficient (Wildman–Crippen LogP) is 2.76. The highest BCUT2D eigenvalue weighted by atomic mass is 32.1. The number of nitrogens with one attached hydrogen (secondary N) is 2. The van der Waals surface area contributed by atoms with Crippen molar-refractivity contribution in [1.82, 2.24) is 14.7 Å². The number of carbonyl (C=O) groups is 2. The van der Waals surface area contributed by atoms with Gasteiger partial charge in [0, 0.05) is 25.0 Å². The van der Waals surface area contributed by atoms with E-state index in [1.807, 2.05) is 12.1 Å². The summed E-state index contributed by atoms with van der Waals surface area (Å²) in [6, 6.07) is 8.64. The van der Waals surface area contributed by atoms with E-state index in [1.54, 1.807) is 44.8 Å². The molecule has 2 aromatic heterocycles. The first-order valence-corrected chi connectivity index (χ1v) is 10.2. The Balaban J connectivity index is 1.64. The van der Waals surface area contributed by atoms with Gasteiger partial charge in [-0.05, 0) is 53.7 Å². The van der Waals surface area contributed by atoms with Crippen molar-refractivity contribution in [2.75, 3.05) is 19.5 Å². The maximum Gasteiger partial charge on any atom is 0.320 e.